The largest absolute Gasteiger partial charge is 0.504 e. The minimum Gasteiger partial charge on any atom is -0.504 e. The number of aromatic nitrogens is 1. The number of methoxy groups -OCH3 is 2. The minimum absolute atomic E-state index is 0.0259. The fraction of sp³-hybridized carbons (Fsp3) is 0.172. The quantitative estimate of drug-likeness (QED) is 0.463. The SMILES string of the molecule is COc1ccc(/C=c2/sc3n(c2=O)[C@@H](c2ccccc2OC)C2=C(N=3)c3ccccc3CC2)cc1O. The molecule has 0 amide bonds. The third-order valence-corrected chi connectivity index (χ3v) is 7.79. The second-order valence-corrected chi connectivity index (χ2v) is 9.80. The molecule has 0 unspecified atom stereocenters. The number of allylic oxidation sites excluding steroid dienone is 1. The van der Waals surface area contributed by atoms with Crippen LogP contribution in [-0.2, 0) is 6.42 Å². The van der Waals surface area contributed by atoms with Gasteiger partial charge in [-0.1, -0.05) is 59.9 Å². The van der Waals surface area contributed by atoms with Crippen LogP contribution in [0.15, 0.2) is 82.1 Å². The second-order valence-electron chi connectivity index (χ2n) is 8.79. The Kier molecular flexibility index (Phi) is 5.49. The summed E-state index contributed by atoms with van der Waals surface area (Å²) in [4.78, 5) is 19.5. The maximum atomic E-state index is 13.9. The van der Waals surface area contributed by atoms with Gasteiger partial charge in [-0.15, -0.1) is 0 Å². The van der Waals surface area contributed by atoms with Crippen LogP contribution < -0.4 is 24.4 Å². The highest BCUT2D eigenvalue weighted by Gasteiger charge is 2.33. The first-order valence-electron chi connectivity index (χ1n) is 11.7. The highest BCUT2D eigenvalue weighted by molar-refractivity contribution is 7.07. The van der Waals surface area contributed by atoms with Crippen molar-refractivity contribution in [3.63, 3.8) is 0 Å². The Labute approximate surface area is 211 Å². The van der Waals surface area contributed by atoms with Crippen molar-refractivity contribution in [1.82, 2.24) is 4.57 Å². The molecule has 1 aromatic heterocycles. The number of ether oxygens (including phenoxy) is 2. The predicted molar refractivity (Wildman–Crippen MR) is 140 cm³/mol. The fourth-order valence-electron chi connectivity index (χ4n) is 5.14. The van der Waals surface area contributed by atoms with Gasteiger partial charge in [0.15, 0.2) is 16.3 Å². The van der Waals surface area contributed by atoms with Gasteiger partial charge in [0.1, 0.15) is 5.75 Å². The molecule has 1 N–H and O–H groups in total. The van der Waals surface area contributed by atoms with E-state index < -0.39 is 0 Å². The van der Waals surface area contributed by atoms with Crippen molar-refractivity contribution in [3.05, 3.63) is 114 Å². The van der Waals surface area contributed by atoms with E-state index in [1.807, 2.05) is 36.4 Å². The number of phenolic OH excluding ortho intramolecular Hbond substituents is 1. The third kappa shape index (κ3) is 3.55. The van der Waals surface area contributed by atoms with Crippen LogP contribution >= 0.6 is 11.3 Å². The van der Waals surface area contributed by atoms with Gasteiger partial charge in [0.2, 0.25) is 0 Å². The summed E-state index contributed by atoms with van der Waals surface area (Å²) >= 11 is 1.36. The van der Waals surface area contributed by atoms with E-state index in [9.17, 15) is 9.90 Å². The summed E-state index contributed by atoms with van der Waals surface area (Å²) in [6, 6.07) is 21.0. The summed E-state index contributed by atoms with van der Waals surface area (Å²) in [5.41, 5.74) is 6.00. The molecular formula is C29H24N2O4S. The van der Waals surface area contributed by atoms with Crippen molar-refractivity contribution < 1.29 is 14.6 Å². The van der Waals surface area contributed by atoms with Crippen molar-refractivity contribution in [1.29, 1.82) is 0 Å². The predicted octanol–water partition coefficient (Wildman–Crippen LogP) is 4.04. The molecule has 0 radical (unpaired) electrons. The second kappa shape index (κ2) is 8.84. The average molecular weight is 497 g/mol. The van der Waals surface area contributed by atoms with Gasteiger partial charge in [-0.3, -0.25) is 9.36 Å². The maximum absolute atomic E-state index is 13.9. The van der Waals surface area contributed by atoms with E-state index in [1.54, 1.807) is 29.9 Å². The number of thiazole rings is 1. The van der Waals surface area contributed by atoms with Crippen molar-refractivity contribution >= 4 is 23.1 Å². The zero-order valence-corrected chi connectivity index (χ0v) is 20.7. The molecule has 0 bridgehead atoms. The summed E-state index contributed by atoms with van der Waals surface area (Å²) in [5.74, 6) is 1.15. The molecule has 180 valence electrons. The average Bonchev–Trinajstić information content (AvgIpc) is 3.21. The van der Waals surface area contributed by atoms with Crippen molar-refractivity contribution in [2.75, 3.05) is 14.2 Å². The molecule has 4 aromatic rings. The standard InChI is InChI=1S/C29H24N2O4S/c1-34-23-10-6-5-9-20(23)27-21-13-12-18-7-3-4-8-19(18)26(21)30-29-31(27)28(33)25(36-29)16-17-11-14-24(35-2)22(32)15-17/h3-11,14-16,27,32H,12-13H2,1-2H3/b25-16+/t27-/m0/s1. The van der Waals surface area contributed by atoms with E-state index in [4.69, 9.17) is 14.5 Å². The molecular weight excluding hydrogens is 472 g/mol. The molecule has 1 aliphatic heterocycles. The number of hydrogen-bond donors (Lipinski definition) is 1. The van der Waals surface area contributed by atoms with E-state index in [0.29, 0.717) is 20.6 Å². The minimum atomic E-state index is -0.313. The first-order chi connectivity index (χ1) is 17.6. The van der Waals surface area contributed by atoms with Crippen molar-refractivity contribution in [3.8, 4) is 17.2 Å². The van der Waals surface area contributed by atoms with Crippen LogP contribution in [-0.4, -0.2) is 23.9 Å². The van der Waals surface area contributed by atoms with Crippen molar-refractivity contribution in [2.24, 2.45) is 4.99 Å². The van der Waals surface area contributed by atoms with Crippen LogP contribution in [0.3, 0.4) is 0 Å². The Morgan fingerprint density at radius 1 is 1.00 bits per heavy atom. The van der Waals surface area contributed by atoms with E-state index in [1.165, 1.54) is 24.0 Å². The van der Waals surface area contributed by atoms with Gasteiger partial charge in [-0.05, 0) is 53.8 Å². The molecule has 2 aliphatic rings. The summed E-state index contributed by atoms with van der Waals surface area (Å²) in [5, 5.41) is 10.2. The number of rotatable bonds is 4. The third-order valence-electron chi connectivity index (χ3n) is 6.81. The molecule has 1 atom stereocenters. The Morgan fingerprint density at radius 3 is 2.58 bits per heavy atom. The summed E-state index contributed by atoms with van der Waals surface area (Å²) in [7, 11) is 3.16. The molecule has 3 aromatic carbocycles. The summed E-state index contributed by atoms with van der Waals surface area (Å²) in [6.45, 7) is 0. The lowest BCUT2D eigenvalue weighted by atomic mass is 9.83. The Hall–Kier alpha value is -4.10. The van der Waals surface area contributed by atoms with Gasteiger partial charge in [-0.25, -0.2) is 4.99 Å². The summed E-state index contributed by atoms with van der Waals surface area (Å²) < 4.78 is 13.2. The lowest BCUT2D eigenvalue weighted by Crippen LogP contribution is -2.38. The highest BCUT2D eigenvalue weighted by atomic mass is 32.1. The molecule has 0 spiro atoms. The summed E-state index contributed by atoms with van der Waals surface area (Å²) in [6.07, 6.45) is 3.50. The van der Waals surface area contributed by atoms with Crippen LogP contribution in [0.1, 0.15) is 34.7 Å². The lowest BCUT2D eigenvalue weighted by molar-refractivity contribution is 0.373. The smallest absolute Gasteiger partial charge is 0.271 e. The van der Waals surface area contributed by atoms with E-state index >= 15 is 0 Å². The first kappa shape index (κ1) is 22.4. The molecule has 7 heteroatoms. The molecule has 36 heavy (non-hydrogen) atoms. The Morgan fingerprint density at radius 2 is 1.78 bits per heavy atom. The molecule has 6 nitrogen and oxygen atoms in total. The van der Waals surface area contributed by atoms with E-state index in [2.05, 4.69) is 18.2 Å². The maximum Gasteiger partial charge on any atom is 0.271 e. The number of hydrogen-bond acceptors (Lipinski definition) is 6. The molecule has 0 saturated carbocycles. The van der Waals surface area contributed by atoms with Crippen LogP contribution in [0.2, 0.25) is 0 Å². The van der Waals surface area contributed by atoms with Gasteiger partial charge in [0, 0.05) is 11.1 Å². The number of benzene rings is 3. The number of phenols is 1. The number of para-hydroxylation sites is 1. The van der Waals surface area contributed by atoms with Crippen LogP contribution in [0.4, 0.5) is 0 Å². The van der Waals surface area contributed by atoms with Gasteiger partial charge in [0.25, 0.3) is 5.56 Å². The van der Waals surface area contributed by atoms with Crippen LogP contribution in [0.5, 0.6) is 17.2 Å². The molecule has 2 heterocycles. The van der Waals surface area contributed by atoms with Crippen LogP contribution in [0, 0.1) is 0 Å². The fourth-order valence-corrected chi connectivity index (χ4v) is 6.14. The van der Waals surface area contributed by atoms with Gasteiger partial charge >= 0.3 is 0 Å². The monoisotopic (exact) mass is 496 g/mol. The number of aryl methyl sites for hydroxylation is 1. The van der Waals surface area contributed by atoms with E-state index in [-0.39, 0.29) is 17.4 Å². The zero-order chi connectivity index (χ0) is 24.8. The topological polar surface area (TPSA) is 73.0 Å². The number of nitrogens with zero attached hydrogens (tertiary/aromatic N) is 2. The Balaban J connectivity index is 1.62. The van der Waals surface area contributed by atoms with Gasteiger partial charge < -0.3 is 14.6 Å². The molecule has 1 aliphatic carbocycles. The first-order valence-corrected chi connectivity index (χ1v) is 12.5. The molecule has 0 fully saturated rings. The van der Waals surface area contributed by atoms with Gasteiger partial charge in [-0.2, -0.15) is 0 Å². The van der Waals surface area contributed by atoms with E-state index in [0.717, 1.165) is 41.0 Å². The van der Waals surface area contributed by atoms with Gasteiger partial charge in [0.05, 0.1) is 30.5 Å². The number of fused-ring (bicyclic) bond motifs is 3. The Bertz CT molecular complexity index is 1710. The highest BCUT2D eigenvalue weighted by Crippen LogP contribution is 2.43. The molecule has 0 saturated heterocycles. The lowest BCUT2D eigenvalue weighted by Gasteiger charge is -2.31. The van der Waals surface area contributed by atoms with Crippen molar-refractivity contribution in [2.45, 2.75) is 18.9 Å². The normalized spacial score (nSPS) is 16.6. The molecule has 6 rings (SSSR count). The number of aromatic hydroxyl groups is 1. The van der Waals surface area contributed by atoms with Crippen LogP contribution in [0.25, 0.3) is 11.8 Å². The zero-order valence-electron chi connectivity index (χ0n) is 19.9.